The Balaban J connectivity index is 2.10. The van der Waals surface area contributed by atoms with E-state index in [1.54, 1.807) is 11.0 Å². The Morgan fingerprint density at radius 3 is 3.07 bits per heavy atom. The third kappa shape index (κ3) is 2.08. The Labute approximate surface area is 88.1 Å². The molecule has 4 nitrogen and oxygen atoms in total. The van der Waals surface area contributed by atoms with E-state index in [9.17, 15) is 4.79 Å². The molecule has 1 aromatic rings. The van der Waals surface area contributed by atoms with Crippen LogP contribution < -0.4 is 5.32 Å². The minimum atomic E-state index is -0.0302. The highest BCUT2D eigenvalue weighted by Gasteiger charge is 2.19. The summed E-state index contributed by atoms with van der Waals surface area (Å²) in [6.45, 7) is 2.01. The van der Waals surface area contributed by atoms with Gasteiger partial charge in [-0.2, -0.15) is 5.26 Å². The first-order valence-corrected chi connectivity index (χ1v) is 4.81. The van der Waals surface area contributed by atoms with Crippen LogP contribution in [0.4, 0.5) is 4.79 Å². The molecule has 0 spiro atoms. The van der Waals surface area contributed by atoms with E-state index in [1.807, 2.05) is 18.2 Å². The molecular formula is C11H11N3O. The molecule has 15 heavy (non-hydrogen) atoms. The fourth-order valence-corrected chi connectivity index (χ4v) is 1.62. The van der Waals surface area contributed by atoms with E-state index in [1.165, 1.54) is 0 Å². The van der Waals surface area contributed by atoms with Crippen molar-refractivity contribution in [2.24, 2.45) is 0 Å². The zero-order valence-electron chi connectivity index (χ0n) is 8.23. The van der Waals surface area contributed by atoms with Crippen molar-refractivity contribution in [1.29, 1.82) is 5.26 Å². The van der Waals surface area contributed by atoms with Gasteiger partial charge < -0.3 is 10.2 Å². The topological polar surface area (TPSA) is 56.1 Å². The Morgan fingerprint density at radius 2 is 2.40 bits per heavy atom. The molecule has 1 fully saturated rings. The van der Waals surface area contributed by atoms with E-state index in [2.05, 4.69) is 11.4 Å². The zero-order valence-corrected chi connectivity index (χ0v) is 8.23. The first-order chi connectivity index (χ1) is 7.29. The maximum Gasteiger partial charge on any atom is 0.317 e. The summed E-state index contributed by atoms with van der Waals surface area (Å²) in [5.74, 6) is 0. The number of amides is 2. The highest BCUT2D eigenvalue weighted by atomic mass is 16.2. The molecule has 1 aromatic carbocycles. The number of benzene rings is 1. The van der Waals surface area contributed by atoms with Crippen LogP contribution in [0.2, 0.25) is 0 Å². The highest BCUT2D eigenvalue weighted by Crippen LogP contribution is 2.09. The lowest BCUT2D eigenvalue weighted by Crippen LogP contribution is -2.27. The Kier molecular flexibility index (Phi) is 2.55. The molecule has 0 atom stereocenters. The van der Waals surface area contributed by atoms with Crippen molar-refractivity contribution < 1.29 is 4.79 Å². The van der Waals surface area contributed by atoms with Crippen molar-refractivity contribution in [3.8, 4) is 6.07 Å². The van der Waals surface area contributed by atoms with Crippen LogP contribution in [0.15, 0.2) is 24.3 Å². The molecule has 76 valence electrons. The largest absolute Gasteiger partial charge is 0.336 e. The molecule has 1 heterocycles. The van der Waals surface area contributed by atoms with Crippen LogP contribution >= 0.6 is 0 Å². The van der Waals surface area contributed by atoms with Crippen LogP contribution in [0.25, 0.3) is 0 Å². The molecule has 0 radical (unpaired) electrons. The van der Waals surface area contributed by atoms with Gasteiger partial charge in [0.25, 0.3) is 0 Å². The molecule has 0 aliphatic carbocycles. The van der Waals surface area contributed by atoms with Gasteiger partial charge in [0, 0.05) is 19.6 Å². The Bertz CT molecular complexity index is 422. The molecule has 0 aromatic heterocycles. The molecule has 1 saturated heterocycles. The summed E-state index contributed by atoms with van der Waals surface area (Å²) in [5, 5.41) is 11.5. The van der Waals surface area contributed by atoms with E-state index in [4.69, 9.17) is 5.26 Å². The summed E-state index contributed by atoms with van der Waals surface area (Å²) < 4.78 is 0. The Morgan fingerprint density at radius 1 is 1.53 bits per heavy atom. The molecule has 2 rings (SSSR count). The fraction of sp³-hybridized carbons (Fsp3) is 0.273. The van der Waals surface area contributed by atoms with E-state index in [0.29, 0.717) is 18.7 Å². The second kappa shape index (κ2) is 4.01. The summed E-state index contributed by atoms with van der Waals surface area (Å²) >= 11 is 0. The number of carbonyl (C=O) groups excluding carboxylic acids is 1. The van der Waals surface area contributed by atoms with Gasteiger partial charge in [0.15, 0.2) is 0 Å². The van der Waals surface area contributed by atoms with Crippen LogP contribution in [-0.2, 0) is 6.54 Å². The lowest BCUT2D eigenvalue weighted by molar-refractivity contribution is 0.215. The van der Waals surface area contributed by atoms with Gasteiger partial charge in [-0.3, -0.25) is 0 Å². The number of carbonyl (C=O) groups is 1. The van der Waals surface area contributed by atoms with Crippen LogP contribution in [-0.4, -0.2) is 24.0 Å². The maximum absolute atomic E-state index is 11.3. The number of nitrogens with one attached hydrogen (secondary N) is 1. The first kappa shape index (κ1) is 9.53. The van der Waals surface area contributed by atoms with Crippen molar-refractivity contribution in [3.05, 3.63) is 35.4 Å². The zero-order chi connectivity index (χ0) is 10.7. The standard InChI is InChI=1S/C11H11N3O/c12-7-9-2-1-3-10(6-9)8-14-5-4-13-11(14)15/h1-3,6H,4-5,8H2,(H,13,15). The molecule has 4 heteroatoms. The predicted molar refractivity (Wildman–Crippen MR) is 55.0 cm³/mol. The van der Waals surface area contributed by atoms with Crippen LogP contribution in [0.1, 0.15) is 11.1 Å². The summed E-state index contributed by atoms with van der Waals surface area (Å²) in [5.41, 5.74) is 1.62. The van der Waals surface area contributed by atoms with Gasteiger partial charge in [0.1, 0.15) is 0 Å². The summed E-state index contributed by atoms with van der Waals surface area (Å²) in [4.78, 5) is 13.0. The number of urea groups is 1. The van der Waals surface area contributed by atoms with E-state index in [0.717, 1.165) is 12.1 Å². The van der Waals surface area contributed by atoms with Crippen molar-refractivity contribution >= 4 is 6.03 Å². The third-order valence-corrected chi connectivity index (χ3v) is 2.37. The average Bonchev–Trinajstić information content (AvgIpc) is 2.65. The van der Waals surface area contributed by atoms with Crippen LogP contribution in [0.5, 0.6) is 0 Å². The lowest BCUT2D eigenvalue weighted by atomic mass is 10.1. The predicted octanol–water partition coefficient (Wildman–Crippen LogP) is 1.08. The Hall–Kier alpha value is -2.02. The molecule has 1 aliphatic heterocycles. The van der Waals surface area contributed by atoms with E-state index < -0.39 is 0 Å². The molecular weight excluding hydrogens is 190 g/mol. The van der Waals surface area contributed by atoms with Gasteiger partial charge in [-0.1, -0.05) is 12.1 Å². The second-order valence-electron chi connectivity index (χ2n) is 3.47. The fourth-order valence-electron chi connectivity index (χ4n) is 1.62. The minimum absolute atomic E-state index is 0.0302. The van der Waals surface area contributed by atoms with Gasteiger partial charge in [0.05, 0.1) is 11.6 Å². The van der Waals surface area contributed by atoms with Gasteiger partial charge in [-0.05, 0) is 17.7 Å². The summed E-state index contributed by atoms with van der Waals surface area (Å²) in [6.07, 6.45) is 0. The van der Waals surface area contributed by atoms with Gasteiger partial charge in [-0.25, -0.2) is 4.79 Å². The van der Waals surface area contributed by atoms with Gasteiger partial charge in [0.2, 0.25) is 0 Å². The SMILES string of the molecule is N#Cc1cccc(CN2CCNC2=O)c1. The third-order valence-electron chi connectivity index (χ3n) is 2.37. The van der Waals surface area contributed by atoms with Gasteiger partial charge >= 0.3 is 6.03 Å². The number of rotatable bonds is 2. The summed E-state index contributed by atoms with van der Waals surface area (Å²) in [6, 6.07) is 9.38. The molecule has 0 saturated carbocycles. The maximum atomic E-state index is 11.3. The minimum Gasteiger partial charge on any atom is -0.336 e. The van der Waals surface area contributed by atoms with Crippen LogP contribution in [0, 0.1) is 11.3 Å². The number of hydrogen-bond acceptors (Lipinski definition) is 2. The van der Waals surface area contributed by atoms with Crippen molar-refractivity contribution in [3.63, 3.8) is 0 Å². The van der Waals surface area contributed by atoms with Crippen molar-refractivity contribution in [2.45, 2.75) is 6.54 Å². The summed E-state index contributed by atoms with van der Waals surface area (Å²) in [7, 11) is 0. The average molecular weight is 201 g/mol. The monoisotopic (exact) mass is 201 g/mol. The molecule has 1 aliphatic rings. The number of nitrogens with zero attached hydrogens (tertiary/aromatic N) is 2. The smallest absolute Gasteiger partial charge is 0.317 e. The molecule has 0 unspecified atom stereocenters. The quantitative estimate of drug-likeness (QED) is 0.778. The normalized spacial score (nSPS) is 14.9. The van der Waals surface area contributed by atoms with Crippen molar-refractivity contribution in [1.82, 2.24) is 10.2 Å². The number of nitriles is 1. The molecule has 2 amide bonds. The first-order valence-electron chi connectivity index (χ1n) is 4.81. The number of hydrogen-bond donors (Lipinski definition) is 1. The van der Waals surface area contributed by atoms with E-state index >= 15 is 0 Å². The lowest BCUT2D eigenvalue weighted by Gasteiger charge is -2.13. The molecule has 0 bridgehead atoms. The van der Waals surface area contributed by atoms with Crippen molar-refractivity contribution in [2.75, 3.05) is 13.1 Å². The van der Waals surface area contributed by atoms with Crippen LogP contribution in [0.3, 0.4) is 0 Å². The second-order valence-corrected chi connectivity index (χ2v) is 3.47. The van der Waals surface area contributed by atoms with Gasteiger partial charge in [-0.15, -0.1) is 0 Å². The highest BCUT2D eigenvalue weighted by molar-refractivity contribution is 5.76. The van der Waals surface area contributed by atoms with E-state index in [-0.39, 0.29) is 6.03 Å². The molecule has 1 N–H and O–H groups in total.